The van der Waals surface area contributed by atoms with Gasteiger partial charge in [-0.05, 0) is 36.2 Å². The molecule has 1 N–H and O–H groups in total. The Kier molecular flexibility index (Phi) is 3.43. The molecule has 0 fully saturated rings. The van der Waals surface area contributed by atoms with Crippen LogP contribution in [0.25, 0.3) is 27.4 Å². The van der Waals surface area contributed by atoms with Gasteiger partial charge in [-0.1, -0.05) is 32.4 Å². The molecule has 0 saturated heterocycles. The predicted molar refractivity (Wildman–Crippen MR) is 104 cm³/mol. The highest BCUT2D eigenvalue weighted by Crippen LogP contribution is 2.43. The van der Waals surface area contributed by atoms with Gasteiger partial charge in [0.2, 0.25) is 5.82 Å². The van der Waals surface area contributed by atoms with Crippen LogP contribution in [-0.4, -0.2) is 29.8 Å². The molecule has 4 aromatic heterocycles. The third kappa shape index (κ3) is 2.37. The molecule has 0 aromatic carbocycles. The van der Waals surface area contributed by atoms with Gasteiger partial charge in [0.1, 0.15) is 16.9 Å². The van der Waals surface area contributed by atoms with E-state index in [1.165, 1.54) is 16.9 Å². The smallest absolute Gasteiger partial charge is 0.201 e. The van der Waals surface area contributed by atoms with E-state index in [1.54, 1.807) is 28.4 Å². The van der Waals surface area contributed by atoms with Crippen LogP contribution in [0.15, 0.2) is 12.5 Å². The van der Waals surface area contributed by atoms with E-state index in [1.807, 2.05) is 0 Å². The van der Waals surface area contributed by atoms with E-state index in [-0.39, 0.29) is 0 Å². The quantitative estimate of drug-likeness (QED) is 0.521. The van der Waals surface area contributed by atoms with Crippen molar-refractivity contribution in [3.8, 4) is 11.5 Å². The predicted octanol–water partition coefficient (Wildman–Crippen LogP) is 4.53. The fourth-order valence-electron chi connectivity index (χ4n) is 3.85. The molecule has 5 rings (SSSR count). The molecule has 1 atom stereocenters. The van der Waals surface area contributed by atoms with Gasteiger partial charge in [0, 0.05) is 4.88 Å². The molecule has 4 heterocycles. The Morgan fingerprint density at radius 2 is 2.19 bits per heavy atom. The van der Waals surface area contributed by atoms with E-state index in [2.05, 4.69) is 41.1 Å². The molecule has 0 aliphatic heterocycles. The second-order valence-corrected chi connectivity index (χ2v) is 9.52. The summed E-state index contributed by atoms with van der Waals surface area (Å²) in [5, 5.41) is 13.0. The van der Waals surface area contributed by atoms with Crippen LogP contribution < -0.4 is 0 Å². The SMILES string of the molecule is CC(C)(C)C1CCc2c(sc3ncn4nc(-c5[nH]ncc5Cl)nc4c23)C1. The largest absolute Gasteiger partial charge is 0.273 e. The molecular formula is C18H19ClN6S. The number of hydrogen-bond donors (Lipinski definition) is 1. The normalized spacial score (nSPS) is 17.9. The molecule has 0 amide bonds. The highest BCUT2D eigenvalue weighted by atomic mass is 35.5. The molecular weight excluding hydrogens is 368 g/mol. The zero-order valence-electron chi connectivity index (χ0n) is 14.9. The lowest BCUT2D eigenvalue weighted by molar-refractivity contribution is 0.218. The fourth-order valence-corrected chi connectivity index (χ4v) is 5.28. The van der Waals surface area contributed by atoms with Crippen molar-refractivity contribution in [2.75, 3.05) is 0 Å². The summed E-state index contributed by atoms with van der Waals surface area (Å²) in [5.41, 5.74) is 3.22. The van der Waals surface area contributed by atoms with E-state index in [0.717, 1.165) is 28.7 Å². The summed E-state index contributed by atoms with van der Waals surface area (Å²) in [6.07, 6.45) is 6.71. The van der Waals surface area contributed by atoms with Crippen LogP contribution >= 0.6 is 22.9 Å². The summed E-state index contributed by atoms with van der Waals surface area (Å²) in [6.45, 7) is 7.02. The third-order valence-electron chi connectivity index (χ3n) is 5.43. The van der Waals surface area contributed by atoms with E-state index < -0.39 is 0 Å². The third-order valence-corrected chi connectivity index (χ3v) is 6.88. The van der Waals surface area contributed by atoms with Gasteiger partial charge < -0.3 is 0 Å². The average molecular weight is 387 g/mol. The summed E-state index contributed by atoms with van der Waals surface area (Å²) >= 11 is 7.98. The second kappa shape index (κ2) is 5.50. The average Bonchev–Trinajstić information content (AvgIpc) is 3.27. The maximum atomic E-state index is 6.18. The number of fused-ring (bicyclic) bond motifs is 5. The maximum absolute atomic E-state index is 6.18. The van der Waals surface area contributed by atoms with Crippen molar-refractivity contribution in [2.24, 2.45) is 11.3 Å². The Hall–Kier alpha value is -1.99. The van der Waals surface area contributed by atoms with Crippen LogP contribution in [0.5, 0.6) is 0 Å². The molecule has 26 heavy (non-hydrogen) atoms. The molecule has 134 valence electrons. The van der Waals surface area contributed by atoms with Gasteiger partial charge in [0.15, 0.2) is 5.65 Å². The number of nitrogens with one attached hydrogen (secondary N) is 1. The molecule has 0 spiro atoms. The van der Waals surface area contributed by atoms with Gasteiger partial charge in [-0.25, -0.2) is 14.5 Å². The summed E-state index contributed by atoms with van der Waals surface area (Å²) in [5.74, 6) is 1.25. The highest BCUT2D eigenvalue weighted by Gasteiger charge is 2.31. The number of H-pyrrole nitrogens is 1. The van der Waals surface area contributed by atoms with Gasteiger partial charge in [0.25, 0.3) is 0 Å². The molecule has 0 saturated carbocycles. The summed E-state index contributed by atoms with van der Waals surface area (Å²) in [7, 11) is 0. The Morgan fingerprint density at radius 3 is 2.92 bits per heavy atom. The molecule has 1 aliphatic carbocycles. The minimum Gasteiger partial charge on any atom is -0.273 e. The van der Waals surface area contributed by atoms with Gasteiger partial charge in [-0.3, -0.25) is 5.10 Å². The maximum Gasteiger partial charge on any atom is 0.201 e. The summed E-state index contributed by atoms with van der Waals surface area (Å²) in [6, 6.07) is 0. The van der Waals surface area contributed by atoms with Crippen LogP contribution in [-0.2, 0) is 12.8 Å². The molecule has 4 aromatic rings. The van der Waals surface area contributed by atoms with Gasteiger partial charge in [-0.2, -0.15) is 5.10 Å². The summed E-state index contributed by atoms with van der Waals surface area (Å²) < 4.78 is 1.75. The highest BCUT2D eigenvalue weighted by molar-refractivity contribution is 7.19. The molecule has 8 heteroatoms. The van der Waals surface area contributed by atoms with Crippen LogP contribution in [0.2, 0.25) is 5.02 Å². The van der Waals surface area contributed by atoms with Gasteiger partial charge in [0.05, 0.1) is 16.6 Å². The van der Waals surface area contributed by atoms with Crippen molar-refractivity contribution in [1.82, 2.24) is 29.8 Å². The van der Waals surface area contributed by atoms with E-state index >= 15 is 0 Å². The van der Waals surface area contributed by atoms with Crippen molar-refractivity contribution in [3.63, 3.8) is 0 Å². The topological polar surface area (TPSA) is 71.8 Å². The molecule has 0 radical (unpaired) electrons. The monoisotopic (exact) mass is 386 g/mol. The minimum absolute atomic E-state index is 0.329. The minimum atomic E-state index is 0.329. The van der Waals surface area contributed by atoms with Crippen molar-refractivity contribution in [2.45, 2.75) is 40.0 Å². The fraction of sp³-hybridized carbons (Fsp3) is 0.444. The lowest BCUT2D eigenvalue weighted by atomic mass is 9.72. The zero-order chi connectivity index (χ0) is 18.1. The van der Waals surface area contributed by atoms with Gasteiger partial charge in [-0.15, -0.1) is 16.4 Å². The number of halogens is 1. The van der Waals surface area contributed by atoms with E-state index in [4.69, 9.17) is 16.6 Å². The number of aromatic amines is 1. The first kappa shape index (κ1) is 16.2. The molecule has 1 unspecified atom stereocenters. The first-order valence-electron chi connectivity index (χ1n) is 8.76. The Bertz CT molecular complexity index is 1130. The number of hydrogen-bond acceptors (Lipinski definition) is 5. The first-order chi connectivity index (χ1) is 12.4. The molecule has 1 aliphatic rings. The zero-order valence-corrected chi connectivity index (χ0v) is 16.4. The molecule has 0 bridgehead atoms. The number of nitrogens with zero attached hydrogens (tertiary/aromatic N) is 5. The number of thiophene rings is 1. The molecule has 6 nitrogen and oxygen atoms in total. The van der Waals surface area contributed by atoms with Crippen LogP contribution in [0.3, 0.4) is 0 Å². The van der Waals surface area contributed by atoms with Crippen LogP contribution in [0, 0.1) is 11.3 Å². The van der Waals surface area contributed by atoms with Crippen molar-refractivity contribution >= 4 is 38.8 Å². The Morgan fingerprint density at radius 1 is 1.35 bits per heavy atom. The van der Waals surface area contributed by atoms with Gasteiger partial charge >= 0.3 is 0 Å². The first-order valence-corrected chi connectivity index (χ1v) is 9.96. The second-order valence-electron chi connectivity index (χ2n) is 8.03. The van der Waals surface area contributed by atoms with E-state index in [9.17, 15) is 0 Å². The van der Waals surface area contributed by atoms with Crippen molar-refractivity contribution in [1.29, 1.82) is 0 Å². The van der Waals surface area contributed by atoms with Crippen LogP contribution in [0.1, 0.15) is 37.6 Å². The standard InChI is InChI=1S/C18H19ClN6S/c1-18(2,3)9-4-5-10-12(6-9)26-17-13(10)16-22-15(24-25(16)8-20-17)14-11(19)7-21-23-14/h7-9H,4-6H2,1-3H3,(H,21,23). The van der Waals surface area contributed by atoms with Crippen molar-refractivity contribution in [3.05, 3.63) is 28.0 Å². The Balaban J connectivity index is 1.68. The number of aromatic nitrogens is 6. The lowest BCUT2D eigenvalue weighted by Crippen LogP contribution is -2.26. The summed E-state index contributed by atoms with van der Waals surface area (Å²) in [4.78, 5) is 11.9. The number of rotatable bonds is 1. The van der Waals surface area contributed by atoms with E-state index in [0.29, 0.717) is 27.9 Å². The lowest BCUT2D eigenvalue weighted by Gasteiger charge is -2.33. The van der Waals surface area contributed by atoms with Crippen LogP contribution in [0.4, 0.5) is 0 Å². The Labute approximate surface area is 159 Å². The van der Waals surface area contributed by atoms with Crippen molar-refractivity contribution < 1.29 is 0 Å². The number of aryl methyl sites for hydroxylation is 1.